The molecule has 0 radical (unpaired) electrons. The van der Waals surface area contributed by atoms with E-state index in [9.17, 15) is 9.59 Å². The molecular formula is C17H23ClN2O2. The number of hydrogen-bond donors (Lipinski definition) is 0. The minimum absolute atomic E-state index is 0.0147. The molecule has 0 N–H and O–H groups in total. The summed E-state index contributed by atoms with van der Waals surface area (Å²) in [6.45, 7) is 10.4. The number of piperazine rings is 1. The lowest BCUT2D eigenvalue weighted by Gasteiger charge is -2.41. The highest BCUT2D eigenvalue weighted by Gasteiger charge is 2.38. The Morgan fingerprint density at radius 1 is 1.27 bits per heavy atom. The third-order valence-electron chi connectivity index (χ3n) is 4.01. The van der Waals surface area contributed by atoms with E-state index in [0.717, 1.165) is 11.3 Å². The van der Waals surface area contributed by atoms with Crippen LogP contribution in [0.3, 0.4) is 0 Å². The Labute approximate surface area is 137 Å². The predicted molar refractivity (Wildman–Crippen MR) is 89.2 cm³/mol. The molecule has 1 saturated heterocycles. The number of hydrogen-bond acceptors (Lipinski definition) is 2. The average Bonchev–Trinajstić information content (AvgIpc) is 2.41. The molecule has 0 unspecified atom stereocenters. The summed E-state index contributed by atoms with van der Waals surface area (Å²) in [6.07, 6.45) is 0. The molecule has 2 rings (SSSR count). The van der Waals surface area contributed by atoms with Crippen LogP contribution in [0.2, 0.25) is 5.02 Å². The summed E-state index contributed by atoms with van der Waals surface area (Å²) in [5.74, 6) is -0.0323. The van der Waals surface area contributed by atoms with Gasteiger partial charge in [0.1, 0.15) is 6.04 Å². The SMILES string of the molecule is Cc1cc(Cl)ccc1N1CCN(C(=O)C(C)(C)C)[C@H](C)C1=O. The topological polar surface area (TPSA) is 40.6 Å². The number of nitrogens with zero attached hydrogens (tertiary/aromatic N) is 2. The van der Waals surface area contributed by atoms with Crippen molar-refractivity contribution in [2.45, 2.75) is 40.7 Å². The second-order valence-electron chi connectivity index (χ2n) is 6.85. The summed E-state index contributed by atoms with van der Waals surface area (Å²) < 4.78 is 0. The van der Waals surface area contributed by atoms with Gasteiger partial charge in [0, 0.05) is 29.2 Å². The van der Waals surface area contributed by atoms with E-state index in [0.29, 0.717) is 18.1 Å². The Morgan fingerprint density at radius 3 is 2.45 bits per heavy atom. The van der Waals surface area contributed by atoms with Gasteiger partial charge >= 0.3 is 0 Å². The minimum Gasteiger partial charge on any atom is -0.329 e. The molecule has 120 valence electrons. The lowest BCUT2D eigenvalue weighted by molar-refractivity contribution is -0.147. The first kappa shape index (κ1) is 16.8. The molecule has 0 saturated carbocycles. The van der Waals surface area contributed by atoms with Gasteiger partial charge in [0.15, 0.2) is 0 Å². The van der Waals surface area contributed by atoms with Crippen LogP contribution in [0.25, 0.3) is 0 Å². The summed E-state index contributed by atoms with van der Waals surface area (Å²) in [4.78, 5) is 28.6. The first-order chi connectivity index (χ1) is 10.1. The fourth-order valence-electron chi connectivity index (χ4n) is 2.74. The maximum absolute atomic E-state index is 12.7. The van der Waals surface area contributed by atoms with Gasteiger partial charge < -0.3 is 9.80 Å². The predicted octanol–water partition coefficient (Wildman–Crippen LogP) is 3.26. The van der Waals surface area contributed by atoms with Gasteiger partial charge in [0.25, 0.3) is 0 Å². The molecular weight excluding hydrogens is 300 g/mol. The molecule has 1 aromatic rings. The smallest absolute Gasteiger partial charge is 0.249 e. The van der Waals surface area contributed by atoms with E-state index in [1.807, 2.05) is 39.8 Å². The van der Waals surface area contributed by atoms with Crippen LogP contribution in [-0.4, -0.2) is 35.8 Å². The van der Waals surface area contributed by atoms with Crippen molar-refractivity contribution in [3.8, 4) is 0 Å². The van der Waals surface area contributed by atoms with Gasteiger partial charge in [0.05, 0.1) is 0 Å². The zero-order chi connectivity index (χ0) is 16.7. The van der Waals surface area contributed by atoms with Crippen LogP contribution in [0.5, 0.6) is 0 Å². The van der Waals surface area contributed by atoms with Crippen LogP contribution < -0.4 is 4.90 Å². The molecule has 1 aromatic carbocycles. The van der Waals surface area contributed by atoms with Crippen LogP contribution in [0.4, 0.5) is 5.69 Å². The van der Waals surface area contributed by atoms with E-state index < -0.39 is 11.5 Å². The lowest BCUT2D eigenvalue weighted by atomic mass is 9.93. The van der Waals surface area contributed by atoms with Crippen LogP contribution >= 0.6 is 11.6 Å². The van der Waals surface area contributed by atoms with Gasteiger partial charge in [-0.05, 0) is 37.6 Å². The first-order valence-corrected chi connectivity index (χ1v) is 7.89. The summed E-state index contributed by atoms with van der Waals surface area (Å²) in [7, 11) is 0. The van der Waals surface area contributed by atoms with Gasteiger partial charge in [-0.1, -0.05) is 32.4 Å². The highest BCUT2D eigenvalue weighted by atomic mass is 35.5. The van der Waals surface area contributed by atoms with Crippen molar-refractivity contribution in [1.82, 2.24) is 4.90 Å². The summed E-state index contributed by atoms with van der Waals surface area (Å²) in [6, 6.07) is 5.05. The number of aryl methyl sites for hydroxylation is 1. The molecule has 2 amide bonds. The molecule has 0 aromatic heterocycles. The van der Waals surface area contributed by atoms with Crippen molar-refractivity contribution in [2.75, 3.05) is 18.0 Å². The number of anilines is 1. The quantitative estimate of drug-likeness (QED) is 0.796. The van der Waals surface area contributed by atoms with E-state index in [-0.39, 0.29) is 11.8 Å². The average molecular weight is 323 g/mol. The molecule has 1 atom stereocenters. The van der Waals surface area contributed by atoms with E-state index >= 15 is 0 Å². The summed E-state index contributed by atoms with van der Waals surface area (Å²) >= 11 is 5.98. The molecule has 0 spiro atoms. The maximum atomic E-state index is 12.7. The number of carbonyl (C=O) groups excluding carboxylic acids is 2. The highest BCUT2D eigenvalue weighted by Crippen LogP contribution is 2.28. The number of rotatable bonds is 1. The van der Waals surface area contributed by atoms with Crippen LogP contribution in [-0.2, 0) is 9.59 Å². The van der Waals surface area contributed by atoms with E-state index in [1.54, 1.807) is 22.8 Å². The van der Waals surface area contributed by atoms with Crippen molar-refractivity contribution < 1.29 is 9.59 Å². The van der Waals surface area contributed by atoms with Gasteiger partial charge in [-0.3, -0.25) is 9.59 Å². The van der Waals surface area contributed by atoms with Crippen molar-refractivity contribution in [3.05, 3.63) is 28.8 Å². The molecule has 0 bridgehead atoms. The van der Waals surface area contributed by atoms with Crippen molar-refractivity contribution >= 4 is 29.1 Å². The second kappa shape index (κ2) is 5.92. The van der Waals surface area contributed by atoms with Crippen LogP contribution in [0.1, 0.15) is 33.3 Å². The largest absolute Gasteiger partial charge is 0.329 e. The third kappa shape index (κ3) is 3.12. The Kier molecular flexibility index (Phi) is 4.52. The lowest BCUT2D eigenvalue weighted by Crippen LogP contribution is -2.59. The summed E-state index contributed by atoms with van der Waals surface area (Å²) in [5, 5.41) is 0.656. The molecule has 1 aliphatic rings. The Hall–Kier alpha value is -1.55. The van der Waals surface area contributed by atoms with Gasteiger partial charge in [0.2, 0.25) is 11.8 Å². The Morgan fingerprint density at radius 2 is 1.91 bits per heavy atom. The molecule has 22 heavy (non-hydrogen) atoms. The third-order valence-corrected chi connectivity index (χ3v) is 4.24. The molecule has 5 heteroatoms. The van der Waals surface area contributed by atoms with Gasteiger partial charge in [-0.15, -0.1) is 0 Å². The van der Waals surface area contributed by atoms with Gasteiger partial charge in [-0.2, -0.15) is 0 Å². The number of amides is 2. The number of carbonyl (C=O) groups is 2. The van der Waals surface area contributed by atoms with Crippen molar-refractivity contribution in [1.29, 1.82) is 0 Å². The molecule has 1 fully saturated rings. The number of halogens is 1. The monoisotopic (exact) mass is 322 g/mol. The zero-order valence-corrected chi connectivity index (χ0v) is 14.6. The maximum Gasteiger partial charge on any atom is 0.249 e. The van der Waals surface area contributed by atoms with E-state index in [4.69, 9.17) is 11.6 Å². The van der Waals surface area contributed by atoms with E-state index in [2.05, 4.69) is 0 Å². The Bertz CT molecular complexity index is 607. The fourth-order valence-corrected chi connectivity index (χ4v) is 2.97. The van der Waals surface area contributed by atoms with Crippen molar-refractivity contribution in [3.63, 3.8) is 0 Å². The highest BCUT2D eigenvalue weighted by molar-refractivity contribution is 6.30. The number of benzene rings is 1. The van der Waals surface area contributed by atoms with Crippen molar-refractivity contribution in [2.24, 2.45) is 5.41 Å². The van der Waals surface area contributed by atoms with Crippen LogP contribution in [0, 0.1) is 12.3 Å². The Balaban J connectivity index is 2.25. The van der Waals surface area contributed by atoms with Crippen LogP contribution in [0.15, 0.2) is 18.2 Å². The molecule has 4 nitrogen and oxygen atoms in total. The molecule has 1 heterocycles. The second-order valence-corrected chi connectivity index (χ2v) is 7.28. The molecule has 1 aliphatic heterocycles. The van der Waals surface area contributed by atoms with Gasteiger partial charge in [-0.25, -0.2) is 0 Å². The summed E-state index contributed by atoms with van der Waals surface area (Å²) in [5.41, 5.74) is 1.35. The normalized spacial score (nSPS) is 19.5. The standard InChI is InChI=1S/C17H23ClN2O2/c1-11-10-13(18)6-7-14(11)20-9-8-19(12(2)15(20)21)16(22)17(3,4)5/h6-7,10,12H,8-9H2,1-5H3/t12-/m1/s1. The first-order valence-electron chi connectivity index (χ1n) is 7.51. The minimum atomic E-state index is -0.479. The zero-order valence-electron chi connectivity index (χ0n) is 13.8. The fraction of sp³-hybridized carbons (Fsp3) is 0.529. The molecule has 0 aliphatic carbocycles. The van der Waals surface area contributed by atoms with E-state index in [1.165, 1.54) is 0 Å².